The average molecular weight is 488 g/mol. The van der Waals surface area contributed by atoms with E-state index < -0.39 is 6.04 Å². The van der Waals surface area contributed by atoms with Gasteiger partial charge in [-0.2, -0.15) is 0 Å². The van der Waals surface area contributed by atoms with Gasteiger partial charge in [0.2, 0.25) is 17.7 Å². The van der Waals surface area contributed by atoms with Crippen LogP contribution in [-0.2, 0) is 14.4 Å². The first-order valence-electron chi connectivity index (χ1n) is 12.8. The van der Waals surface area contributed by atoms with Crippen LogP contribution in [-0.4, -0.2) is 84.9 Å². The van der Waals surface area contributed by atoms with Gasteiger partial charge in [0.25, 0.3) is 0 Å². The number of piperidine rings is 1. The molecule has 35 heavy (non-hydrogen) atoms. The van der Waals surface area contributed by atoms with Crippen molar-refractivity contribution in [3.63, 3.8) is 0 Å². The first kappa shape index (κ1) is 25.4. The van der Waals surface area contributed by atoms with Crippen molar-refractivity contribution in [2.75, 3.05) is 44.2 Å². The maximum absolute atomic E-state index is 13.2. The van der Waals surface area contributed by atoms with Crippen LogP contribution >= 0.6 is 0 Å². The molecule has 0 aromatic heterocycles. The zero-order chi connectivity index (χ0) is 25.2. The Hall–Kier alpha value is -2.68. The maximum atomic E-state index is 13.2. The second kappa shape index (κ2) is 10.5. The summed E-state index contributed by atoms with van der Waals surface area (Å²) in [7, 11) is 0. The molecule has 9 heteroatoms. The minimum absolute atomic E-state index is 0.0845. The van der Waals surface area contributed by atoms with Crippen molar-refractivity contribution in [1.82, 2.24) is 20.4 Å². The highest BCUT2D eigenvalue weighted by Gasteiger charge is 2.48. The summed E-state index contributed by atoms with van der Waals surface area (Å²) in [4.78, 5) is 43.3. The van der Waals surface area contributed by atoms with Crippen LogP contribution in [0.2, 0.25) is 0 Å². The lowest BCUT2D eigenvalue weighted by Gasteiger charge is -2.41. The van der Waals surface area contributed by atoms with Crippen LogP contribution in [0.15, 0.2) is 24.3 Å². The molecule has 4 rings (SSSR count). The second-order valence-corrected chi connectivity index (χ2v) is 10.5. The standard InChI is InChI=1S/C26H38FN5O3/c1-18-17-32(23-6-4-21(27)5-7-23)15-14-30(18)11-8-22-16-26(25(35)29-22)9-12-31(13-10-26)24(34)19(2)28-20(3)33/h4-7,18-19,22H,8-17H2,1-3H3,(H,28,33)(H,29,35)/t18-,19?,22-/m0/s1. The number of nitrogens with one attached hydrogen (secondary N) is 2. The lowest BCUT2D eigenvalue weighted by molar-refractivity contribution is -0.140. The Bertz CT molecular complexity index is 931. The van der Waals surface area contributed by atoms with Gasteiger partial charge in [-0.25, -0.2) is 4.39 Å². The van der Waals surface area contributed by atoms with Crippen molar-refractivity contribution in [1.29, 1.82) is 0 Å². The Labute approximate surface area is 207 Å². The molecule has 1 spiro atoms. The molecular formula is C26H38FN5O3. The van der Waals surface area contributed by atoms with E-state index in [9.17, 15) is 18.8 Å². The van der Waals surface area contributed by atoms with Crippen LogP contribution in [0.25, 0.3) is 0 Å². The summed E-state index contributed by atoms with van der Waals surface area (Å²) in [5.41, 5.74) is 0.671. The fourth-order valence-corrected chi connectivity index (χ4v) is 5.89. The van der Waals surface area contributed by atoms with Gasteiger partial charge in [0.1, 0.15) is 11.9 Å². The number of rotatable bonds is 6. The molecule has 1 aromatic rings. The Balaban J connectivity index is 1.24. The third-order valence-electron chi connectivity index (χ3n) is 8.00. The van der Waals surface area contributed by atoms with Crippen LogP contribution in [0.1, 0.15) is 46.5 Å². The molecule has 1 unspecified atom stereocenters. The van der Waals surface area contributed by atoms with E-state index in [1.54, 1.807) is 11.8 Å². The summed E-state index contributed by atoms with van der Waals surface area (Å²) < 4.78 is 13.2. The van der Waals surface area contributed by atoms with Crippen LogP contribution in [0, 0.1) is 11.2 Å². The molecule has 0 bridgehead atoms. The number of benzene rings is 1. The fourth-order valence-electron chi connectivity index (χ4n) is 5.89. The minimum Gasteiger partial charge on any atom is -0.369 e. The van der Waals surface area contributed by atoms with Gasteiger partial charge in [-0.15, -0.1) is 0 Å². The predicted octanol–water partition coefficient (Wildman–Crippen LogP) is 1.75. The molecule has 0 radical (unpaired) electrons. The third kappa shape index (κ3) is 5.77. The highest BCUT2D eigenvalue weighted by Crippen LogP contribution is 2.41. The molecule has 3 heterocycles. The number of carbonyl (C=O) groups is 3. The highest BCUT2D eigenvalue weighted by atomic mass is 19.1. The molecule has 3 fully saturated rings. The number of hydrogen-bond donors (Lipinski definition) is 2. The lowest BCUT2D eigenvalue weighted by Crippen LogP contribution is -2.52. The molecule has 3 aliphatic heterocycles. The topological polar surface area (TPSA) is 85.0 Å². The molecule has 1 aromatic carbocycles. The van der Waals surface area contributed by atoms with Gasteiger partial charge in [0.15, 0.2) is 0 Å². The van der Waals surface area contributed by atoms with Crippen LogP contribution in [0.3, 0.4) is 0 Å². The van der Waals surface area contributed by atoms with Gasteiger partial charge in [-0.3, -0.25) is 19.3 Å². The van der Waals surface area contributed by atoms with Gasteiger partial charge >= 0.3 is 0 Å². The minimum atomic E-state index is -0.544. The Morgan fingerprint density at radius 3 is 2.49 bits per heavy atom. The first-order valence-corrected chi connectivity index (χ1v) is 12.8. The molecule has 0 saturated carbocycles. The maximum Gasteiger partial charge on any atom is 0.244 e. The lowest BCUT2D eigenvalue weighted by atomic mass is 9.75. The molecule has 8 nitrogen and oxygen atoms in total. The Kier molecular flexibility index (Phi) is 7.64. The Morgan fingerprint density at radius 1 is 1.17 bits per heavy atom. The Morgan fingerprint density at radius 2 is 1.86 bits per heavy atom. The van der Waals surface area contributed by atoms with Crippen molar-refractivity contribution in [3.8, 4) is 0 Å². The summed E-state index contributed by atoms with van der Waals surface area (Å²) in [6, 6.07) is 6.68. The SMILES string of the molecule is CC(=O)NC(C)C(=O)N1CCC2(CC1)C[C@H](CCN1CCN(c3ccc(F)cc3)C[C@@H]1C)NC2=O. The molecule has 2 N–H and O–H groups in total. The van der Waals surface area contributed by atoms with Gasteiger partial charge in [0.05, 0.1) is 5.41 Å². The summed E-state index contributed by atoms with van der Waals surface area (Å²) >= 11 is 0. The molecular weight excluding hydrogens is 449 g/mol. The number of halogens is 1. The number of amides is 3. The van der Waals surface area contributed by atoms with Crippen molar-refractivity contribution in [3.05, 3.63) is 30.1 Å². The van der Waals surface area contributed by atoms with Gasteiger partial charge in [-0.1, -0.05) is 0 Å². The summed E-state index contributed by atoms with van der Waals surface area (Å²) in [5.74, 6) is -0.394. The number of anilines is 1. The zero-order valence-electron chi connectivity index (χ0n) is 21.1. The second-order valence-electron chi connectivity index (χ2n) is 10.5. The molecule has 3 atom stereocenters. The van der Waals surface area contributed by atoms with Crippen LogP contribution < -0.4 is 15.5 Å². The number of likely N-dealkylation sites (tertiary alicyclic amines) is 1. The van der Waals surface area contributed by atoms with Crippen LogP contribution in [0.4, 0.5) is 10.1 Å². The number of nitrogens with zero attached hydrogens (tertiary/aromatic N) is 3. The molecule has 0 aliphatic carbocycles. The predicted molar refractivity (Wildman–Crippen MR) is 132 cm³/mol. The third-order valence-corrected chi connectivity index (χ3v) is 8.00. The van der Waals surface area contributed by atoms with E-state index in [1.165, 1.54) is 19.1 Å². The van der Waals surface area contributed by atoms with E-state index in [0.29, 0.717) is 32.0 Å². The molecule has 3 amide bonds. The molecule has 3 aliphatic rings. The molecule has 192 valence electrons. The van der Waals surface area contributed by atoms with E-state index in [-0.39, 0.29) is 35.0 Å². The monoisotopic (exact) mass is 487 g/mol. The van der Waals surface area contributed by atoms with Gasteiger partial charge in [-0.05, 0) is 63.8 Å². The quantitative estimate of drug-likeness (QED) is 0.639. The normalized spacial score (nSPS) is 25.4. The molecule has 3 saturated heterocycles. The van der Waals surface area contributed by atoms with E-state index in [2.05, 4.69) is 27.4 Å². The van der Waals surface area contributed by atoms with Crippen LogP contribution in [0.5, 0.6) is 0 Å². The zero-order valence-corrected chi connectivity index (χ0v) is 21.1. The summed E-state index contributed by atoms with van der Waals surface area (Å²) in [5, 5.41) is 5.88. The average Bonchev–Trinajstić information content (AvgIpc) is 3.12. The number of hydrogen-bond acceptors (Lipinski definition) is 5. The first-order chi connectivity index (χ1) is 16.7. The number of carbonyl (C=O) groups excluding carboxylic acids is 3. The fraction of sp³-hybridized carbons (Fsp3) is 0.654. The number of piperazine rings is 1. The largest absolute Gasteiger partial charge is 0.369 e. The summed E-state index contributed by atoms with van der Waals surface area (Å²) in [6.07, 6.45) is 3.07. The summed E-state index contributed by atoms with van der Waals surface area (Å²) in [6.45, 7) is 10.1. The van der Waals surface area contributed by atoms with E-state index in [4.69, 9.17) is 0 Å². The van der Waals surface area contributed by atoms with Crippen molar-refractivity contribution < 1.29 is 18.8 Å². The van der Waals surface area contributed by atoms with Gasteiger partial charge in [0, 0.05) is 64.0 Å². The van der Waals surface area contributed by atoms with E-state index in [1.807, 2.05) is 12.1 Å². The van der Waals surface area contributed by atoms with Crippen molar-refractivity contribution in [2.24, 2.45) is 5.41 Å². The van der Waals surface area contributed by atoms with E-state index in [0.717, 1.165) is 44.7 Å². The van der Waals surface area contributed by atoms with E-state index >= 15 is 0 Å². The van der Waals surface area contributed by atoms with Crippen molar-refractivity contribution in [2.45, 2.75) is 64.6 Å². The van der Waals surface area contributed by atoms with Gasteiger partial charge < -0.3 is 20.4 Å². The smallest absolute Gasteiger partial charge is 0.244 e. The van der Waals surface area contributed by atoms with Crippen molar-refractivity contribution >= 4 is 23.4 Å². The highest BCUT2D eigenvalue weighted by molar-refractivity contribution is 5.88.